The van der Waals surface area contributed by atoms with Crippen LogP contribution in [0.15, 0.2) is 42.7 Å². The molecule has 1 aromatic heterocycles. The van der Waals surface area contributed by atoms with Crippen molar-refractivity contribution >= 4 is 11.7 Å². The number of hydrogen-bond acceptors (Lipinski definition) is 2. The van der Waals surface area contributed by atoms with Crippen molar-refractivity contribution in [2.75, 3.05) is 5.32 Å². The van der Waals surface area contributed by atoms with Crippen molar-refractivity contribution in [1.82, 2.24) is 10.3 Å². The van der Waals surface area contributed by atoms with Crippen molar-refractivity contribution in [1.29, 1.82) is 0 Å². The smallest absolute Gasteiger partial charge is 0.319 e. The van der Waals surface area contributed by atoms with E-state index in [2.05, 4.69) is 15.6 Å². The Balaban J connectivity index is 1.99. The highest BCUT2D eigenvalue weighted by atomic mass is 19.1. The van der Waals surface area contributed by atoms with E-state index in [0.717, 1.165) is 11.1 Å². The number of hydrogen-bond donors (Lipinski definition) is 2. The number of aryl methyl sites for hydroxylation is 1. The molecule has 2 amide bonds. The van der Waals surface area contributed by atoms with E-state index in [1.54, 1.807) is 31.5 Å². The number of nitrogens with one attached hydrogen (secondary N) is 2. The highest BCUT2D eigenvalue weighted by Gasteiger charge is 2.11. The van der Waals surface area contributed by atoms with Gasteiger partial charge in [-0.05, 0) is 49.2 Å². The molecule has 4 nitrogen and oxygen atoms in total. The first-order chi connectivity index (χ1) is 9.56. The molecule has 0 spiro atoms. The molecule has 0 unspecified atom stereocenters. The standard InChI is InChI=1S/C15H16FN3O/c1-10-3-4-14(13(16)9-10)19-15(20)18-11(2)12-5-7-17-8-6-12/h3-9,11H,1-2H3,(H2,18,19,20)/t11-/m1/s1. The summed E-state index contributed by atoms with van der Waals surface area (Å²) in [6.45, 7) is 3.64. The fourth-order valence-corrected chi connectivity index (χ4v) is 1.81. The van der Waals surface area contributed by atoms with Gasteiger partial charge in [-0.1, -0.05) is 6.07 Å². The summed E-state index contributed by atoms with van der Waals surface area (Å²) in [7, 11) is 0. The van der Waals surface area contributed by atoms with Gasteiger partial charge < -0.3 is 10.6 Å². The Bertz CT molecular complexity index is 601. The molecule has 0 saturated heterocycles. The van der Waals surface area contributed by atoms with Gasteiger partial charge in [0, 0.05) is 12.4 Å². The van der Waals surface area contributed by atoms with Crippen LogP contribution in [0.4, 0.5) is 14.9 Å². The topological polar surface area (TPSA) is 54.0 Å². The van der Waals surface area contributed by atoms with Crippen molar-refractivity contribution in [3.8, 4) is 0 Å². The van der Waals surface area contributed by atoms with E-state index in [-0.39, 0.29) is 11.7 Å². The maximum atomic E-state index is 13.6. The normalized spacial score (nSPS) is 11.8. The number of benzene rings is 1. The molecule has 5 heteroatoms. The molecule has 2 N–H and O–H groups in total. The minimum atomic E-state index is -0.447. The average Bonchev–Trinajstić information content (AvgIpc) is 2.43. The number of urea groups is 1. The minimum Gasteiger partial charge on any atom is -0.331 e. The summed E-state index contributed by atoms with van der Waals surface area (Å²) in [5, 5.41) is 5.24. The zero-order valence-corrected chi connectivity index (χ0v) is 11.4. The van der Waals surface area contributed by atoms with Crippen molar-refractivity contribution in [2.24, 2.45) is 0 Å². The van der Waals surface area contributed by atoms with E-state index in [4.69, 9.17) is 0 Å². The fourth-order valence-electron chi connectivity index (χ4n) is 1.81. The lowest BCUT2D eigenvalue weighted by molar-refractivity contribution is 0.249. The Morgan fingerprint density at radius 3 is 2.60 bits per heavy atom. The molecule has 0 aliphatic heterocycles. The molecule has 1 atom stereocenters. The van der Waals surface area contributed by atoms with Gasteiger partial charge in [0.1, 0.15) is 5.82 Å². The molecule has 0 saturated carbocycles. The average molecular weight is 273 g/mol. The number of aromatic nitrogens is 1. The lowest BCUT2D eigenvalue weighted by atomic mass is 10.1. The maximum Gasteiger partial charge on any atom is 0.319 e. The molecule has 1 heterocycles. The third-order valence-corrected chi connectivity index (χ3v) is 2.93. The van der Waals surface area contributed by atoms with Crippen LogP contribution in [0, 0.1) is 12.7 Å². The van der Waals surface area contributed by atoms with Crippen LogP contribution in [-0.4, -0.2) is 11.0 Å². The van der Waals surface area contributed by atoms with Crippen LogP contribution < -0.4 is 10.6 Å². The van der Waals surface area contributed by atoms with Crippen LogP contribution >= 0.6 is 0 Å². The van der Waals surface area contributed by atoms with E-state index in [0.29, 0.717) is 0 Å². The summed E-state index contributed by atoms with van der Waals surface area (Å²) in [4.78, 5) is 15.7. The van der Waals surface area contributed by atoms with E-state index < -0.39 is 11.8 Å². The van der Waals surface area contributed by atoms with Crippen LogP contribution in [0.3, 0.4) is 0 Å². The second-order valence-corrected chi connectivity index (χ2v) is 4.58. The third kappa shape index (κ3) is 3.54. The molecule has 20 heavy (non-hydrogen) atoms. The Hall–Kier alpha value is -2.43. The fraction of sp³-hybridized carbons (Fsp3) is 0.200. The first kappa shape index (κ1) is 14.0. The molecular formula is C15H16FN3O. The number of carbonyl (C=O) groups excluding carboxylic acids is 1. The van der Waals surface area contributed by atoms with Crippen molar-refractivity contribution in [2.45, 2.75) is 19.9 Å². The van der Waals surface area contributed by atoms with Crippen molar-refractivity contribution < 1.29 is 9.18 Å². The maximum absolute atomic E-state index is 13.6. The van der Waals surface area contributed by atoms with Crippen LogP contribution in [0.5, 0.6) is 0 Å². The molecule has 104 valence electrons. The molecule has 0 aliphatic rings. The van der Waals surface area contributed by atoms with E-state index in [1.807, 2.05) is 19.1 Å². The number of pyridine rings is 1. The van der Waals surface area contributed by atoms with Gasteiger partial charge in [0.05, 0.1) is 11.7 Å². The second kappa shape index (κ2) is 6.14. The lowest BCUT2D eigenvalue weighted by Gasteiger charge is -2.15. The van der Waals surface area contributed by atoms with E-state index in [9.17, 15) is 9.18 Å². The highest BCUT2D eigenvalue weighted by Crippen LogP contribution is 2.16. The Morgan fingerprint density at radius 2 is 1.95 bits per heavy atom. The predicted octanol–water partition coefficient (Wildman–Crippen LogP) is 3.41. The number of anilines is 1. The number of halogens is 1. The summed E-state index contributed by atoms with van der Waals surface area (Å²) in [5.41, 5.74) is 1.90. The summed E-state index contributed by atoms with van der Waals surface area (Å²) >= 11 is 0. The summed E-state index contributed by atoms with van der Waals surface area (Å²) in [5.74, 6) is -0.447. The first-order valence-corrected chi connectivity index (χ1v) is 6.30. The van der Waals surface area contributed by atoms with Gasteiger partial charge in [-0.3, -0.25) is 4.98 Å². The quantitative estimate of drug-likeness (QED) is 0.900. The second-order valence-electron chi connectivity index (χ2n) is 4.58. The van der Waals surface area contributed by atoms with Crippen molar-refractivity contribution in [3.63, 3.8) is 0 Å². The highest BCUT2D eigenvalue weighted by molar-refractivity contribution is 5.89. The summed E-state index contributed by atoms with van der Waals surface area (Å²) < 4.78 is 13.6. The van der Waals surface area contributed by atoms with Crippen LogP contribution in [0.1, 0.15) is 24.1 Å². The molecular weight excluding hydrogens is 257 g/mol. The molecule has 0 radical (unpaired) electrons. The van der Waals surface area contributed by atoms with Crippen LogP contribution in [0.2, 0.25) is 0 Å². The van der Waals surface area contributed by atoms with Gasteiger partial charge in [0.2, 0.25) is 0 Å². The molecule has 2 aromatic rings. The first-order valence-electron chi connectivity index (χ1n) is 6.30. The number of nitrogens with zero attached hydrogens (tertiary/aromatic N) is 1. The molecule has 0 bridgehead atoms. The van der Waals surface area contributed by atoms with Gasteiger partial charge in [-0.15, -0.1) is 0 Å². The monoisotopic (exact) mass is 273 g/mol. The van der Waals surface area contributed by atoms with Crippen molar-refractivity contribution in [3.05, 3.63) is 59.7 Å². The zero-order valence-electron chi connectivity index (χ0n) is 11.4. The summed E-state index contributed by atoms with van der Waals surface area (Å²) in [6.07, 6.45) is 3.32. The Morgan fingerprint density at radius 1 is 1.25 bits per heavy atom. The number of carbonyl (C=O) groups is 1. The van der Waals surface area contributed by atoms with Gasteiger partial charge in [-0.2, -0.15) is 0 Å². The van der Waals surface area contributed by atoms with Gasteiger partial charge in [-0.25, -0.2) is 9.18 Å². The number of amides is 2. The summed E-state index contributed by atoms with van der Waals surface area (Å²) in [6, 6.07) is 7.66. The molecule has 2 rings (SSSR count). The number of rotatable bonds is 3. The lowest BCUT2D eigenvalue weighted by Crippen LogP contribution is -2.31. The molecule has 1 aromatic carbocycles. The molecule has 0 fully saturated rings. The minimum absolute atomic E-state index is 0.162. The van der Waals surface area contributed by atoms with Gasteiger partial charge in [0.25, 0.3) is 0 Å². The SMILES string of the molecule is Cc1ccc(NC(=O)N[C@H](C)c2ccncc2)c(F)c1. The third-order valence-electron chi connectivity index (χ3n) is 2.93. The van der Waals surface area contributed by atoms with E-state index in [1.165, 1.54) is 6.07 Å². The van der Waals surface area contributed by atoms with Gasteiger partial charge in [0.15, 0.2) is 0 Å². The Labute approximate surface area is 117 Å². The van der Waals surface area contributed by atoms with Gasteiger partial charge >= 0.3 is 6.03 Å². The zero-order chi connectivity index (χ0) is 14.5. The Kier molecular flexibility index (Phi) is 4.30. The molecule has 0 aliphatic carbocycles. The van der Waals surface area contributed by atoms with Crippen LogP contribution in [0.25, 0.3) is 0 Å². The van der Waals surface area contributed by atoms with E-state index >= 15 is 0 Å². The predicted molar refractivity (Wildman–Crippen MR) is 75.9 cm³/mol. The largest absolute Gasteiger partial charge is 0.331 e. The van der Waals surface area contributed by atoms with Crippen LogP contribution in [-0.2, 0) is 0 Å².